The van der Waals surface area contributed by atoms with Crippen LogP contribution in [0.1, 0.15) is 39.5 Å². The number of hydrogen-bond acceptors (Lipinski definition) is 5. The first-order valence-electron chi connectivity index (χ1n) is 5.97. The fourth-order valence-electron chi connectivity index (χ4n) is 1.26. The normalized spacial score (nSPS) is 17.8. The highest BCUT2D eigenvalue weighted by molar-refractivity contribution is 5.19. The van der Waals surface area contributed by atoms with E-state index in [4.69, 9.17) is 4.42 Å². The third kappa shape index (κ3) is 3.20. The van der Waals surface area contributed by atoms with Gasteiger partial charge in [0.05, 0.1) is 6.54 Å². The van der Waals surface area contributed by atoms with Crippen molar-refractivity contribution >= 4 is 6.01 Å². The molecule has 1 fully saturated rings. The van der Waals surface area contributed by atoms with Crippen molar-refractivity contribution in [2.24, 2.45) is 5.92 Å². The molecule has 90 valence electrons. The summed E-state index contributed by atoms with van der Waals surface area (Å²) >= 11 is 0. The van der Waals surface area contributed by atoms with Crippen molar-refractivity contribution in [3.05, 3.63) is 5.89 Å². The van der Waals surface area contributed by atoms with E-state index in [9.17, 15) is 0 Å². The van der Waals surface area contributed by atoms with Gasteiger partial charge in [-0.1, -0.05) is 18.9 Å². The fraction of sp³-hybridized carbons (Fsp3) is 0.818. The van der Waals surface area contributed by atoms with Crippen LogP contribution in [-0.2, 0) is 6.54 Å². The summed E-state index contributed by atoms with van der Waals surface area (Å²) in [7, 11) is 0. The minimum atomic E-state index is 0.338. The predicted molar refractivity (Wildman–Crippen MR) is 62.1 cm³/mol. The number of aromatic nitrogens is 2. The van der Waals surface area contributed by atoms with Gasteiger partial charge in [-0.05, 0) is 25.7 Å². The Morgan fingerprint density at radius 2 is 2.06 bits per heavy atom. The lowest BCUT2D eigenvalue weighted by Crippen LogP contribution is -2.21. The second-order valence-corrected chi connectivity index (χ2v) is 4.83. The maximum atomic E-state index is 5.49. The zero-order valence-corrected chi connectivity index (χ0v) is 10.2. The Morgan fingerprint density at radius 3 is 2.69 bits per heavy atom. The molecule has 1 atom stereocenters. The summed E-state index contributed by atoms with van der Waals surface area (Å²) in [5, 5.41) is 14.5. The molecule has 5 nitrogen and oxygen atoms in total. The predicted octanol–water partition coefficient (Wildman–Crippen LogP) is 1.78. The van der Waals surface area contributed by atoms with Gasteiger partial charge in [0.25, 0.3) is 0 Å². The van der Waals surface area contributed by atoms with Crippen LogP contribution in [0.3, 0.4) is 0 Å². The average Bonchev–Trinajstić information content (AvgIpc) is 2.97. The molecule has 1 aliphatic carbocycles. The lowest BCUT2D eigenvalue weighted by atomic mass is 10.1. The first kappa shape index (κ1) is 11.4. The van der Waals surface area contributed by atoms with Crippen LogP contribution >= 0.6 is 0 Å². The molecular weight excluding hydrogens is 204 g/mol. The molecule has 0 aliphatic heterocycles. The molecule has 1 aliphatic rings. The first-order chi connectivity index (χ1) is 7.65. The average molecular weight is 224 g/mol. The maximum Gasteiger partial charge on any atom is 0.315 e. The summed E-state index contributed by atoms with van der Waals surface area (Å²) < 4.78 is 5.49. The van der Waals surface area contributed by atoms with E-state index in [1.165, 1.54) is 12.8 Å². The third-order valence-electron chi connectivity index (χ3n) is 2.94. The van der Waals surface area contributed by atoms with Crippen LogP contribution in [0.15, 0.2) is 4.42 Å². The summed E-state index contributed by atoms with van der Waals surface area (Å²) in [5.74, 6) is 1.20. The third-order valence-corrected chi connectivity index (χ3v) is 2.94. The smallest absolute Gasteiger partial charge is 0.315 e. The Labute approximate surface area is 96.0 Å². The molecule has 2 rings (SSSR count). The number of rotatable bonds is 6. The highest BCUT2D eigenvalue weighted by atomic mass is 16.4. The van der Waals surface area contributed by atoms with Crippen LogP contribution in [-0.4, -0.2) is 22.3 Å². The molecule has 0 radical (unpaired) electrons. The molecular formula is C11H20N4O. The lowest BCUT2D eigenvalue weighted by Gasteiger charge is -2.14. The van der Waals surface area contributed by atoms with E-state index in [0.29, 0.717) is 36.5 Å². The Bertz CT molecular complexity index is 332. The van der Waals surface area contributed by atoms with Crippen LogP contribution in [0, 0.1) is 5.92 Å². The van der Waals surface area contributed by atoms with Gasteiger partial charge in [0.2, 0.25) is 5.89 Å². The van der Waals surface area contributed by atoms with Crippen LogP contribution in [0.4, 0.5) is 6.01 Å². The molecule has 5 heteroatoms. The lowest BCUT2D eigenvalue weighted by molar-refractivity contribution is 0.462. The van der Waals surface area contributed by atoms with Crippen molar-refractivity contribution in [1.82, 2.24) is 15.5 Å². The molecule has 0 saturated heterocycles. The van der Waals surface area contributed by atoms with Gasteiger partial charge in [-0.3, -0.25) is 0 Å². The van der Waals surface area contributed by atoms with Gasteiger partial charge in [0, 0.05) is 12.1 Å². The van der Waals surface area contributed by atoms with Gasteiger partial charge in [-0.15, -0.1) is 5.10 Å². The van der Waals surface area contributed by atoms with Gasteiger partial charge in [0.1, 0.15) is 0 Å². The highest BCUT2D eigenvalue weighted by Gasteiger charge is 2.21. The van der Waals surface area contributed by atoms with Crippen LogP contribution in [0.5, 0.6) is 0 Å². The Hall–Kier alpha value is -1.10. The first-order valence-corrected chi connectivity index (χ1v) is 5.97. The van der Waals surface area contributed by atoms with E-state index >= 15 is 0 Å². The molecule has 2 N–H and O–H groups in total. The van der Waals surface area contributed by atoms with Crippen molar-refractivity contribution in [2.75, 3.05) is 5.32 Å². The number of nitrogens with zero attached hydrogens (tertiary/aromatic N) is 2. The molecule has 1 unspecified atom stereocenters. The molecule has 1 aromatic heterocycles. The molecule has 1 heterocycles. The molecule has 0 bridgehead atoms. The molecule has 0 spiro atoms. The molecule has 0 amide bonds. The van der Waals surface area contributed by atoms with Gasteiger partial charge >= 0.3 is 6.01 Å². The van der Waals surface area contributed by atoms with Crippen molar-refractivity contribution < 1.29 is 4.42 Å². The quantitative estimate of drug-likeness (QED) is 0.771. The van der Waals surface area contributed by atoms with Crippen LogP contribution in [0.25, 0.3) is 0 Å². The standard InChI is InChI=1S/C11H20N4O/c1-7(2)8(3)13-11-15-14-10(16-11)6-12-9-4-5-9/h7-9,12H,4-6H2,1-3H3,(H,13,15). The second kappa shape index (κ2) is 4.82. The molecule has 0 aromatic carbocycles. The summed E-state index contributed by atoms with van der Waals surface area (Å²) in [6.45, 7) is 7.10. The topological polar surface area (TPSA) is 63.0 Å². The largest absolute Gasteiger partial charge is 0.407 e. The highest BCUT2D eigenvalue weighted by Crippen LogP contribution is 2.19. The van der Waals surface area contributed by atoms with Gasteiger partial charge in [-0.2, -0.15) is 0 Å². The van der Waals surface area contributed by atoms with Crippen LogP contribution in [0.2, 0.25) is 0 Å². The zero-order valence-electron chi connectivity index (χ0n) is 10.2. The summed E-state index contributed by atoms with van der Waals surface area (Å²) in [6, 6.07) is 1.52. The zero-order chi connectivity index (χ0) is 11.5. The Morgan fingerprint density at radius 1 is 1.31 bits per heavy atom. The summed E-state index contributed by atoms with van der Waals surface area (Å²) in [4.78, 5) is 0. The molecule has 1 saturated carbocycles. The van der Waals surface area contributed by atoms with Crippen molar-refractivity contribution in [2.45, 2.75) is 52.2 Å². The summed E-state index contributed by atoms with van der Waals surface area (Å²) in [6.07, 6.45) is 2.53. The van der Waals surface area contributed by atoms with E-state index in [-0.39, 0.29) is 0 Å². The van der Waals surface area contributed by atoms with Crippen LogP contribution < -0.4 is 10.6 Å². The molecule has 1 aromatic rings. The van der Waals surface area contributed by atoms with Crippen molar-refractivity contribution in [3.63, 3.8) is 0 Å². The van der Waals surface area contributed by atoms with E-state index in [1.807, 2.05) is 0 Å². The maximum absolute atomic E-state index is 5.49. The molecule has 16 heavy (non-hydrogen) atoms. The van der Waals surface area contributed by atoms with E-state index in [2.05, 4.69) is 41.6 Å². The SMILES string of the molecule is CC(C)C(C)Nc1nnc(CNC2CC2)o1. The number of nitrogens with one attached hydrogen (secondary N) is 2. The van der Waals surface area contributed by atoms with Crippen molar-refractivity contribution in [1.29, 1.82) is 0 Å². The van der Waals surface area contributed by atoms with E-state index in [0.717, 1.165) is 0 Å². The number of hydrogen-bond donors (Lipinski definition) is 2. The Balaban J connectivity index is 1.81. The van der Waals surface area contributed by atoms with Gasteiger partial charge in [-0.25, -0.2) is 0 Å². The van der Waals surface area contributed by atoms with E-state index in [1.54, 1.807) is 0 Å². The second-order valence-electron chi connectivity index (χ2n) is 4.83. The van der Waals surface area contributed by atoms with Crippen molar-refractivity contribution in [3.8, 4) is 0 Å². The fourth-order valence-corrected chi connectivity index (χ4v) is 1.26. The van der Waals surface area contributed by atoms with E-state index < -0.39 is 0 Å². The monoisotopic (exact) mass is 224 g/mol. The summed E-state index contributed by atoms with van der Waals surface area (Å²) in [5.41, 5.74) is 0. The minimum Gasteiger partial charge on any atom is -0.407 e. The van der Waals surface area contributed by atoms with Gasteiger partial charge in [0.15, 0.2) is 0 Å². The Kier molecular flexibility index (Phi) is 3.43. The minimum absolute atomic E-state index is 0.338. The van der Waals surface area contributed by atoms with Gasteiger partial charge < -0.3 is 15.1 Å². The number of anilines is 1.